The summed E-state index contributed by atoms with van der Waals surface area (Å²) >= 11 is 0. The molecule has 2 aromatic rings. The second-order valence-corrected chi connectivity index (χ2v) is 4.08. The molecule has 2 nitrogen and oxygen atoms in total. The molecule has 0 fully saturated rings. The number of hydrogen-bond acceptors (Lipinski definition) is 2. The molecule has 20 heavy (non-hydrogen) atoms. The number of rotatable bonds is 6. The van der Waals surface area contributed by atoms with Crippen molar-refractivity contribution in [3.8, 4) is 0 Å². The molecule has 0 heterocycles. The molecule has 0 bridgehead atoms. The summed E-state index contributed by atoms with van der Waals surface area (Å²) in [6.45, 7) is 1.13. The molecule has 102 valence electrons. The second-order valence-electron chi connectivity index (χ2n) is 4.08. The molecule has 1 atom stereocenters. The topological polar surface area (TPSA) is 18.5 Å². The molecule has 0 radical (unpaired) electrons. The van der Waals surface area contributed by atoms with Crippen molar-refractivity contribution in [2.45, 2.75) is 12.7 Å². The Hall–Kier alpha value is -0.394. The molecule has 0 saturated heterocycles. The van der Waals surface area contributed by atoms with E-state index in [9.17, 15) is 0 Å². The first-order valence-corrected chi connectivity index (χ1v) is 6.00. The second kappa shape index (κ2) is 11.3. The van der Waals surface area contributed by atoms with Crippen LogP contribution in [0.25, 0.3) is 0 Å². The summed E-state index contributed by atoms with van der Waals surface area (Å²) in [7, 11) is 1.69. The summed E-state index contributed by atoms with van der Waals surface area (Å²) in [6, 6.07) is 21.0. The van der Waals surface area contributed by atoms with Crippen LogP contribution in [0.15, 0.2) is 54.6 Å². The van der Waals surface area contributed by atoms with Gasteiger partial charge in [0.1, 0.15) is 6.10 Å². The normalized spacial score (nSPS) is 11.1. The molecule has 2 aromatic carbocycles. The largest absolute Gasteiger partial charge is 2.00 e. The van der Waals surface area contributed by atoms with Gasteiger partial charge in [-0.3, -0.25) is 0 Å². The first-order chi connectivity index (χ1) is 8.90. The smallest absolute Gasteiger partial charge is 1.00 e. The zero-order chi connectivity index (χ0) is 12.6. The Morgan fingerprint density at radius 2 is 1.85 bits per heavy atom. The summed E-state index contributed by atoms with van der Waals surface area (Å²) in [4.78, 5) is 0. The van der Waals surface area contributed by atoms with Crippen LogP contribution in [-0.2, 0) is 16.1 Å². The Balaban J connectivity index is 0.00000180. The third kappa shape index (κ3) is 6.37. The van der Waals surface area contributed by atoms with Crippen molar-refractivity contribution >= 4 is 23.1 Å². The minimum absolute atomic E-state index is 0. The van der Waals surface area contributed by atoms with Crippen LogP contribution in [0.3, 0.4) is 0 Å². The molecule has 0 aliphatic rings. The van der Waals surface area contributed by atoms with E-state index in [-0.39, 0.29) is 46.1 Å². The Kier molecular flexibility index (Phi) is 11.1. The van der Waals surface area contributed by atoms with E-state index in [1.165, 1.54) is 0 Å². The monoisotopic (exact) mass is 344 g/mol. The molecule has 0 amide bonds. The van der Waals surface area contributed by atoms with Gasteiger partial charge >= 0.3 is 23.1 Å². The van der Waals surface area contributed by atoms with Crippen molar-refractivity contribution in [3.05, 3.63) is 71.8 Å². The first kappa shape index (κ1) is 19.6. The molecule has 0 aliphatic carbocycles. The van der Waals surface area contributed by atoms with E-state index in [0.717, 1.165) is 11.1 Å². The predicted octanol–water partition coefficient (Wildman–Crippen LogP) is 0.0143. The van der Waals surface area contributed by atoms with Crippen LogP contribution in [0.4, 0.5) is 0 Å². The van der Waals surface area contributed by atoms with Gasteiger partial charge in [0, 0.05) is 13.7 Å². The average molecular weight is 346 g/mol. The Bertz CT molecular complexity index is 451. The van der Waals surface area contributed by atoms with Gasteiger partial charge in [0.05, 0.1) is 6.61 Å². The fourth-order valence-corrected chi connectivity index (χ4v) is 1.78. The molecule has 0 aromatic heterocycles. The number of ether oxygens (including phenoxy) is 2. The van der Waals surface area contributed by atoms with Gasteiger partial charge < -0.3 is 26.5 Å². The zero-order valence-corrected chi connectivity index (χ0v) is 14.6. The van der Waals surface area contributed by atoms with Gasteiger partial charge in [-0.15, -0.1) is 5.56 Å². The third-order valence-electron chi connectivity index (χ3n) is 2.71. The molecule has 2 rings (SSSR count). The minimum atomic E-state index is -0.0311. The molecular weight excluding hydrogens is 328 g/mol. The molecule has 4 heteroatoms. The summed E-state index contributed by atoms with van der Waals surface area (Å²) in [6.07, 6.45) is -0.0311. The molecule has 0 unspecified atom stereocenters. The van der Waals surface area contributed by atoms with E-state index < -0.39 is 0 Å². The van der Waals surface area contributed by atoms with Crippen molar-refractivity contribution in [2.24, 2.45) is 0 Å². The van der Waals surface area contributed by atoms with Crippen molar-refractivity contribution in [1.82, 2.24) is 0 Å². The number of benzene rings is 2. The van der Waals surface area contributed by atoms with Crippen LogP contribution in [0, 0.1) is 6.07 Å². The summed E-state index contributed by atoms with van der Waals surface area (Å²) in [5, 5.41) is 0. The predicted molar refractivity (Wildman–Crippen MR) is 76.9 cm³/mol. The van der Waals surface area contributed by atoms with Crippen LogP contribution in [0.1, 0.15) is 17.2 Å². The molecule has 0 spiro atoms. The van der Waals surface area contributed by atoms with Crippen LogP contribution >= 0.6 is 0 Å². The van der Waals surface area contributed by atoms with Gasteiger partial charge in [-0.1, -0.05) is 30.3 Å². The summed E-state index contributed by atoms with van der Waals surface area (Å²) in [5.74, 6) is 0. The van der Waals surface area contributed by atoms with E-state index in [4.69, 9.17) is 9.47 Å². The number of halogens is 1. The maximum Gasteiger partial charge on any atom is 2.00 e. The molecule has 0 aliphatic heterocycles. The van der Waals surface area contributed by atoms with E-state index in [0.29, 0.717) is 13.2 Å². The number of hydrogen-bond donors (Lipinski definition) is 0. The van der Waals surface area contributed by atoms with Gasteiger partial charge in [0.15, 0.2) is 0 Å². The molecular formula is C16H17BrMgO2. The van der Waals surface area contributed by atoms with Gasteiger partial charge in [-0.25, -0.2) is 0 Å². The van der Waals surface area contributed by atoms with Gasteiger partial charge in [0.25, 0.3) is 0 Å². The quantitative estimate of drug-likeness (QED) is 0.543. The standard InChI is InChI=1S/C16H17O2.BrH.Mg/c1-17-13-16(15-10-6-3-7-11-15)18-12-14-8-4-2-5-9-14;;/h2-4,6-11,16H,12-13H2,1H3;1H;/q-1;;+2/p-1/t16-;;/m0../s1. The Morgan fingerprint density at radius 3 is 2.45 bits per heavy atom. The van der Waals surface area contributed by atoms with E-state index >= 15 is 0 Å². The fourth-order valence-electron chi connectivity index (χ4n) is 1.78. The van der Waals surface area contributed by atoms with Crippen molar-refractivity contribution < 1.29 is 26.5 Å². The van der Waals surface area contributed by atoms with Gasteiger partial charge in [-0.05, 0) is 5.56 Å². The van der Waals surface area contributed by atoms with Crippen LogP contribution in [0.2, 0.25) is 0 Å². The maximum atomic E-state index is 5.91. The van der Waals surface area contributed by atoms with E-state index in [1.807, 2.05) is 42.5 Å². The van der Waals surface area contributed by atoms with Crippen LogP contribution < -0.4 is 17.0 Å². The fraction of sp³-hybridized carbons (Fsp3) is 0.250. The van der Waals surface area contributed by atoms with E-state index in [1.54, 1.807) is 7.11 Å². The van der Waals surface area contributed by atoms with E-state index in [2.05, 4.69) is 18.2 Å². The van der Waals surface area contributed by atoms with Crippen molar-refractivity contribution in [2.75, 3.05) is 13.7 Å². The minimum Gasteiger partial charge on any atom is -1.00 e. The average Bonchev–Trinajstić information content (AvgIpc) is 2.45. The Labute approximate surface area is 147 Å². The number of methoxy groups -OCH3 is 1. The SMILES string of the molecule is COC[C@H](OCc1c[c-]ccc1)c1ccccc1.[Br-].[Mg+2]. The maximum absolute atomic E-state index is 5.91. The van der Waals surface area contributed by atoms with Gasteiger partial charge in [-0.2, -0.15) is 30.3 Å². The summed E-state index contributed by atoms with van der Waals surface area (Å²) in [5.41, 5.74) is 2.26. The first-order valence-electron chi connectivity index (χ1n) is 6.00. The summed E-state index contributed by atoms with van der Waals surface area (Å²) < 4.78 is 11.1. The zero-order valence-electron chi connectivity index (χ0n) is 11.6. The molecule has 0 saturated carbocycles. The van der Waals surface area contributed by atoms with Gasteiger partial charge in [0.2, 0.25) is 0 Å². The Morgan fingerprint density at radius 1 is 1.10 bits per heavy atom. The van der Waals surface area contributed by atoms with Crippen LogP contribution in [-0.4, -0.2) is 36.8 Å². The van der Waals surface area contributed by atoms with Crippen molar-refractivity contribution in [3.63, 3.8) is 0 Å². The van der Waals surface area contributed by atoms with Crippen molar-refractivity contribution in [1.29, 1.82) is 0 Å². The third-order valence-corrected chi connectivity index (χ3v) is 2.71. The van der Waals surface area contributed by atoms with Crippen LogP contribution in [0.5, 0.6) is 0 Å². The molecule has 0 N–H and O–H groups in total.